The number of aromatic nitrogens is 3. The molecule has 6 heteroatoms. The molecule has 0 amide bonds. The van der Waals surface area contributed by atoms with Gasteiger partial charge in [-0.1, -0.05) is 6.07 Å². The molecule has 0 saturated carbocycles. The molecule has 22 heavy (non-hydrogen) atoms. The van der Waals surface area contributed by atoms with Crippen LogP contribution in [0.5, 0.6) is 5.88 Å². The van der Waals surface area contributed by atoms with E-state index in [0.717, 1.165) is 43.5 Å². The molecule has 1 aliphatic rings. The predicted molar refractivity (Wildman–Crippen MR) is 86.4 cm³/mol. The molecule has 3 rings (SSSR count). The average molecular weight is 299 g/mol. The van der Waals surface area contributed by atoms with Crippen LogP contribution in [0.25, 0.3) is 0 Å². The molecule has 0 aliphatic carbocycles. The minimum absolute atomic E-state index is 0.567. The second-order valence-electron chi connectivity index (χ2n) is 5.54. The lowest BCUT2D eigenvalue weighted by Crippen LogP contribution is -2.24. The summed E-state index contributed by atoms with van der Waals surface area (Å²) >= 11 is 0. The van der Waals surface area contributed by atoms with E-state index < -0.39 is 0 Å². The van der Waals surface area contributed by atoms with Crippen molar-refractivity contribution < 1.29 is 4.74 Å². The normalized spacial score (nSPS) is 17.5. The highest BCUT2D eigenvalue weighted by molar-refractivity contribution is 5.37. The number of ether oxygens (including phenoxy) is 1. The van der Waals surface area contributed by atoms with E-state index in [0.29, 0.717) is 11.8 Å². The second kappa shape index (κ2) is 6.60. The Balaban J connectivity index is 1.55. The van der Waals surface area contributed by atoms with Gasteiger partial charge >= 0.3 is 0 Å². The summed E-state index contributed by atoms with van der Waals surface area (Å²) in [5, 5.41) is 3.42. The van der Waals surface area contributed by atoms with Gasteiger partial charge in [-0.25, -0.2) is 9.97 Å². The third-order valence-electron chi connectivity index (χ3n) is 3.86. The summed E-state index contributed by atoms with van der Waals surface area (Å²) in [6.45, 7) is 4.84. The minimum atomic E-state index is 0.567. The molecular formula is C16H21N5O. The first-order chi connectivity index (χ1) is 10.7. The Labute approximate surface area is 130 Å². The first kappa shape index (κ1) is 14.6. The number of nitrogens with zero attached hydrogens (tertiary/aromatic N) is 4. The van der Waals surface area contributed by atoms with Gasteiger partial charge in [0.1, 0.15) is 5.82 Å². The van der Waals surface area contributed by atoms with Gasteiger partial charge in [0.15, 0.2) is 0 Å². The maximum atomic E-state index is 5.16. The van der Waals surface area contributed by atoms with Gasteiger partial charge in [-0.3, -0.25) is 0 Å². The van der Waals surface area contributed by atoms with E-state index in [1.165, 1.54) is 0 Å². The van der Waals surface area contributed by atoms with E-state index in [-0.39, 0.29) is 0 Å². The number of anilines is 2. The summed E-state index contributed by atoms with van der Waals surface area (Å²) in [6, 6.07) is 7.80. The number of aryl methyl sites for hydroxylation is 1. The number of rotatable bonds is 5. The molecule has 1 aliphatic heterocycles. The highest BCUT2D eigenvalue weighted by Gasteiger charge is 2.24. The number of methoxy groups -OCH3 is 1. The smallest absolute Gasteiger partial charge is 0.228 e. The van der Waals surface area contributed by atoms with Gasteiger partial charge < -0.3 is 15.0 Å². The maximum Gasteiger partial charge on any atom is 0.228 e. The van der Waals surface area contributed by atoms with Crippen LogP contribution in [0.15, 0.2) is 30.5 Å². The standard InChI is InChI=1S/C16H21N5O/c1-12-4-3-5-14(19-12)18-10-13-7-9-21(11-13)16-17-8-6-15(20-16)22-2/h3-6,8,13H,7,9-11H2,1-2H3,(H,18,19)/t13-/m1/s1. The quantitative estimate of drug-likeness (QED) is 0.912. The molecule has 116 valence electrons. The lowest BCUT2D eigenvalue weighted by Gasteiger charge is -2.17. The highest BCUT2D eigenvalue weighted by Crippen LogP contribution is 2.22. The van der Waals surface area contributed by atoms with Crippen LogP contribution < -0.4 is 15.0 Å². The summed E-state index contributed by atoms with van der Waals surface area (Å²) in [5.41, 5.74) is 1.03. The third-order valence-corrected chi connectivity index (χ3v) is 3.86. The van der Waals surface area contributed by atoms with Crippen LogP contribution in [-0.4, -0.2) is 41.7 Å². The fourth-order valence-corrected chi connectivity index (χ4v) is 2.67. The Bertz CT molecular complexity index is 633. The number of hydrogen-bond acceptors (Lipinski definition) is 6. The van der Waals surface area contributed by atoms with Crippen molar-refractivity contribution in [1.29, 1.82) is 0 Å². The number of nitrogens with one attached hydrogen (secondary N) is 1. The lowest BCUT2D eigenvalue weighted by molar-refractivity contribution is 0.397. The maximum absolute atomic E-state index is 5.16. The Morgan fingerprint density at radius 1 is 1.32 bits per heavy atom. The van der Waals surface area contributed by atoms with Crippen LogP contribution in [0, 0.1) is 12.8 Å². The van der Waals surface area contributed by atoms with Crippen molar-refractivity contribution >= 4 is 11.8 Å². The third kappa shape index (κ3) is 3.44. The van der Waals surface area contributed by atoms with Gasteiger partial charge in [0.25, 0.3) is 0 Å². The fraction of sp³-hybridized carbons (Fsp3) is 0.438. The molecule has 1 fully saturated rings. The van der Waals surface area contributed by atoms with Gasteiger partial charge in [-0.05, 0) is 31.4 Å². The highest BCUT2D eigenvalue weighted by atomic mass is 16.5. The fourth-order valence-electron chi connectivity index (χ4n) is 2.67. The van der Waals surface area contributed by atoms with Gasteiger partial charge in [0.05, 0.1) is 7.11 Å². The molecular weight excluding hydrogens is 278 g/mol. The van der Waals surface area contributed by atoms with Crippen LogP contribution in [0.2, 0.25) is 0 Å². The monoisotopic (exact) mass is 299 g/mol. The molecule has 2 aromatic heterocycles. The molecule has 2 aromatic rings. The van der Waals surface area contributed by atoms with Crippen molar-refractivity contribution in [3.8, 4) is 5.88 Å². The van der Waals surface area contributed by atoms with Crippen molar-refractivity contribution in [1.82, 2.24) is 15.0 Å². The van der Waals surface area contributed by atoms with Crippen molar-refractivity contribution in [3.63, 3.8) is 0 Å². The summed E-state index contributed by atoms with van der Waals surface area (Å²) in [5.74, 6) is 2.86. The van der Waals surface area contributed by atoms with E-state index in [4.69, 9.17) is 4.74 Å². The number of pyridine rings is 1. The van der Waals surface area contributed by atoms with Crippen LogP contribution in [0.3, 0.4) is 0 Å². The van der Waals surface area contributed by atoms with Crippen LogP contribution >= 0.6 is 0 Å². The van der Waals surface area contributed by atoms with Crippen molar-refractivity contribution in [2.24, 2.45) is 5.92 Å². The van der Waals surface area contributed by atoms with E-state index in [1.54, 1.807) is 19.4 Å². The lowest BCUT2D eigenvalue weighted by atomic mass is 10.1. The Morgan fingerprint density at radius 3 is 3.05 bits per heavy atom. The van der Waals surface area contributed by atoms with Gasteiger partial charge in [-0.15, -0.1) is 0 Å². The summed E-state index contributed by atoms with van der Waals surface area (Å²) in [7, 11) is 1.62. The molecule has 1 atom stereocenters. The Morgan fingerprint density at radius 2 is 2.23 bits per heavy atom. The molecule has 0 unspecified atom stereocenters. The Kier molecular flexibility index (Phi) is 4.37. The van der Waals surface area contributed by atoms with Gasteiger partial charge in [-0.2, -0.15) is 4.98 Å². The summed E-state index contributed by atoms with van der Waals surface area (Å²) in [4.78, 5) is 15.4. The zero-order valence-electron chi connectivity index (χ0n) is 13.0. The van der Waals surface area contributed by atoms with Crippen LogP contribution in [-0.2, 0) is 0 Å². The largest absolute Gasteiger partial charge is 0.481 e. The molecule has 0 spiro atoms. The van der Waals surface area contributed by atoms with E-state index in [9.17, 15) is 0 Å². The van der Waals surface area contributed by atoms with E-state index in [1.807, 2.05) is 25.1 Å². The molecule has 1 saturated heterocycles. The number of hydrogen-bond donors (Lipinski definition) is 1. The zero-order chi connectivity index (χ0) is 15.4. The molecule has 1 N–H and O–H groups in total. The van der Waals surface area contributed by atoms with Crippen molar-refractivity contribution in [2.75, 3.05) is 37.0 Å². The van der Waals surface area contributed by atoms with Crippen LogP contribution in [0.4, 0.5) is 11.8 Å². The average Bonchev–Trinajstić information content (AvgIpc) is 3.02. The minimum Gasteiger partial charge on any atom is -0.481 e. The van der Waals surface area contributed by atoms with Gasteiger partial charge in [0.2, 0.25) is 11.8 Å². The molecule has 3 heterocycles. The zero-order valence-corrected chi connectivity index (χ0v) is 13.0. The first-order valence-corrected chi connectivity index (χ1v) is 7.54. The molecule has 0 radical (unpaired) electrons. The first-order valence-electron chi connectivity index (χ1n) is 7.54. The molecule has 0 aromatic carbocycles. The molecule has 6 nitrogen and oxygen atoms in total. The van der Waals surface area contributed by atoms with Crippen LogP contribution in [0.1, 0.15) is 12.1 Å². The predicted octanol–water partition coefficient (Wildman–Crippen LogP) is 2.13. The SMILES string of the molecule is COc1ccnc(N2CC[C@H](CNc3cccc(C)n3)C2)n1. The topological polar surface area (TPSA) is 63.2 Å². The second-order valence-corrected chi connectivity index (χ2v) is 5.54. The Hall–Kier alpha value is -2.37. The summed E-state index contributed by atoms with van der Waals surface area (Å²) < 4.78 is 5.16. The molecule has 0 bridgehead atoms. The summed E-state index contributed by atoms with van der Waals surface area (Å²) in [6.07, 6.45) is 2.86. The van der Waals surface area contributed by atoms with Gasteiger partial charge in [0, 0.05) is 37.6 Å². The van der Waals surface area contributed by atoms with E-state index in [2.05, 4.69) is 25.2 Å². The van der Waals surface area contributed by atoms with Crippen molar-refractivity contribution in [3.05, 3.63) is 36.2 Å². The van der Waals surface area contributed by atoms with E-state index >= 15 is 0 Å². The van der Waals surface area contributed by atoms with Crippen molar-refractivity contribution in [2.45, 2.75) is 13.3 Å².